The van der Waals surface area contributed by atoms with Gasteiger partial charge in [0.2, 0.25) is 5.89 Å². The molecule has 6 heteroatoms. The smallest absolute Gasteiger partial charge is 0.240 e. The van der Waals surface area contributed by atoms with E-state index in [0.29, 0.717) is 24.3 Å². The van der Waals surface area contributed by atoms with Crippen molar-refractivity contribution in [3.63, 3.8) is 0 Å². The molecule has 2 heterocycles. The van der Waals surface area contributed by atoms with Gasteiger partial charge in [-0.25, -0.2) is 0 Å². The van der Waals surface area contributed by atoms with E-state index in [9.17, 15) is 0 Å². The van der Waals surface area contributed by atoms with Gasteiger partial charge in [-0.3, -0.25) is 4.90 Å². The predicted octanol–water partition coefficient (Wildman–Crippen LogP) is 0.577. The van der Waals surface area contributed by atoms with Crippen molar-refractivity contribution in [2.24, 2.45) is 0 Å². The molecule has 1 N–H and O–H groups in total. The number of nitrogens with one attached hydrogen (secondary N) is 1. The molecule has 6 nitrogen and oxygen atoms in total. The summed E-state index contributed by atoms with van der Waals surface area (Å²) in [5.41, 5.74) is 0. The second kappa shape index (κ2) is 6.26. The Balaban J connectivity index is 1.70. The highest BCUT2D eigenvalue weighted by Crippen LogP contribution is 2.08. The van der Waals surface area contributed by atoms with Gasteiger partial charge in [-0.05, 0) is 20.8 Å². The number of aromatic nitrogens is 2. The van der Waals surface area contributed by atoms with Crippen LogP contribution >= 0.6 is 0 Å². The summed E-state index contributed by atoms with van der Waals surface area (Å²) in [6, 6.07) is 0.579. The van der Waals surface area contributed by atoms with E-state index in [0.717, 1.165) is 26.2 Å². The highest BCUT2D eigenvalue weighted by atomic mass is 16.5. The van der Waals surface area contributed by atoms with E-state index in [1.54, 1.807) is 0 Å². The Kier molecular flexibility index (Phi) is 4.68. The van der Waals surface area contributed by atoms with Crippen LogP contribution in [0.15, 0.2) is 4.52 Å². The first-order valence-electron chi connectivity index (χ1n) is 6.50. The van der Waals surface area contributed by atoms with E-state index in [-0.39, 0.29) is 6.10 Å². The lowest BCUT2D eigenvalue weighted by Crippen LogP contribution is -2.48. The molecule has 1 aliphatic heterocycles. The first kappa shape index (κ1) is 13.5. The molecule has 0 aromatic carbocycles. The zero-order valence-electron chi connectivity index (χ0n) is 11.3. The number of rotatable bonds is 5. The van der Waals surface area contributed by atoms with Gasteiger partial charge in [-0.2, -0.15) is 4.98 Å². The van der Waals surface area contributed by atoms with Gasteiger partial charge >= 0.3 is 0 Å². The first-order chi connectivity index (χ1) is 8.65. The van der Waals surface area contributed by atoms with E-state index in [1.807, 2.05) is 6.92 Å². The lowest BCUT2D eigenvalue weighted by atomic mass is 10.2. The van der Waals surface area contributed by atoms with Gasteiger partial charge in [-0.1, -0.05) is 5.16 Å². The molecule has 1 unspecified atom stereocenters. The summed E-state index contributed by atoms with van der Waals surface area (Å²) >= 11 is 0. The fourth-order valence-corrected chi connectivity index (χ4v) is 2.09. The summed E-state index contributed by atoms with van der Waals surface area (Å²) in [6.07, 6.45) is 0.241. The summed E-state index contributed by atoms with van der Waals surface area (Å²) in [4.78, 5) is 6.58. The van der Waals surface area contributed by atoms with Gasteiger partial charge in [-0.15, -0.1) is 0 Å². The molecule has 1 aliphatic rings. The van der Waals surface area contributed by atoms with Gasteiger partial charge < -0.3 is 14.6 Å². The van der Waals surface area contributed by atoms with Gasteiger partial charge in [0.1, 0.15) is 0 Å². The van der Waals surface area contributed by atoms with E-state index >= 15 is 0 Å². The summed E-state index contributed by atoms with van der Waals surface area (Å²) in [5.74, 6) is 1.30. The molecule has 1 aromatic heterocycles. The Morgan fingerprint density at radius 1 is 1.50 bits per heavy atom. The summed E-state index contributed by atoms with van der Waals surface area (Å²) in [6.45, 7) is 10.5. The monoisotopic (exact) mass is 254 g/mol. The molecule has 0 bridgehead atoms. The average molecular weight is 254 g/mol. The summed E-state index contributed by atoms with van der Waals surface area (Å²) in [7, 11) is 0. The van der Waals surface area contributed by atoms with Crippen molar-refractivity contribution in [3.05, 3.63) is 11.7 Å². The Bertz CT molecular complexity index is 367. The summed E-state index contributed by atoms with van der Waals surface area (Å²) < 4.78 is 10.8. The molecule has 0 radical (unpaired) electrons. The minimum atomic E-state index is 0.241. The van der Waals surface area contributed by atoms with Crippen LogP contribution in [0.3, 0.4) is 0 Å². The van der Waals surface area contributed by atoms with Crippen LogP contribution in [0.5, 0.6) is 0 Å². The summed E-state index contributed by atoms with van der Waals surface area (Å²) in [5, 5.41) is 7.05. The molecule has 0 saturated carbocycles. The number of hydrogen-bond donors (Lipinski definition) is 1. The van der Waals surface area contributed by atoms with Gasteiger partial charge in [0.25, 0.3) is 0 Å². The van der Waals surface area contributed by atoms with Crippen LogP contribution < -0.4 is 5.32 Å². The molecule has 0 amide bonds. The van der Waals surface area contributed by atoms with Crippen molar-refractivity contribution in [2.45, 2.75) is 39.5 Å². The molecular weight excluding hydrogens is 232 g/mol. The third-order valence-corrected chi connectivity index (χ3v) is 3.12. The van der Waals surface area contributed by atoms with Crippen LogP contribution in [0.25, 0.3) is 0 Å². The van der Waals surface area contributed by atoms with Gasteiger partial charge in [0, 0.05) is 25.7 Å². The maximum absolute atomic E-state index is 5.73. The van der Waals surface area contributed by atoms with Crippen molar-refractivity contribution in [2.75, 3.05) is 26.2 Å². The van der Waals surface area contributed by atoms with Crippen LogP contribution in [0.4, 0.5) is 0 Å². The second-order valence-corrected chi connectivity index (χ2v) is 4.95. The van der Waals surface area contributed by atoms with E-state index < -0.39 is 0 Å². The lowest BCUT2D eigenvalue weighted by molar-refractivity contribution is -0.0374. The molecule has 1 fully saturated rings. The third kappa shape index (κ3) is 3.76. The fourth-order valence-electron chi connectivity index (χ4n) is 2.09. The average Bonchev–Trinajstić information content (AvgIpc) is 2.75. The molecular formula is C12H22N4O2. The Morgan fingerprint density at radius 2 is 2.33 bits per heavy atom. The Labute approximate surface area is 108 Å². The fraction of sp³-hybridized carbons (Fsp3) is 0.833. The number of hydrogen-bond acceptors (Lipinski definition) is 6. The van der Waals surface area contributed by atoms with Crippen LogP contribution in [0.2, 0.25) is 0 Å². The second-order valence-electron chi connectivity index (χ2n) is 4.95. The van der Waals surface area contributed by atoms with Crippen molar-refractivity contribution < 1.29 is 9.26 Å². The molecule has 1 aromatic rings. The van der Waals surface area contributed by atoms with Crippen molar-refractivity contribution in [1.29, 1.82) is 0 Å². The van der Waals surface area contributed by atoms with Crippen LogP contribution in [0, 0.1) is 6.92 Å². The van der Waals surface area contributed by atoms with Crippen molar-refractivity contribution in [1.82, 2.24) is 20.4 Å². The quantitative estimate of drug-likeness (QED) is 0.829. The number of aryl methyl sites for hydroxylation is 1. The van der Waals surface area contributed by atoms with Crippen molar-refractivity contribution in [3.8, 4) is 0 Å². The zero-order chi connectivity index (χ0) is 13.0. The topological polar surface area (TPSA) is 63.4 Å². The third-order valence-electron chi connectivity index (χ3n) is 3.12. The SMILES string of the molecule is Cc1noc(CNCC2CN(C(C)C)CCO2)n1. The number of nitrogens with zero attached hydrogens (tertiary/aromatic N) is 3. The largest absolute Gasteiger partial charge is 0.374 e. The van der Waals surface area contributed by atoms with E-state index in [2.05, 4.69) is 34.2 Å². The molecule has 102 valence electrons. The van der Waals surface area contributed by atoms with Gasteiger partial charge in [0.05, 0.1) is 19.3 Å². The Morgan fingerprint density at radius 3 is 3.00 bits per heavy atom. The minimum absolute atomic E-state index is 0.241. The molecule has 1 saturated heterocycles. The van der Waals surface area contributed by atoms with Crippen LogP contribution in [-0.2, 0) is 11.3 Å². The molecule has 0 aliphatic carbocycles. The van der Waals surface area contributed by atoms with Crippen molar-refractivity contribution >= 4 is 0 Å². The van der Waals surface area contributed by atoms with Gasteiger partial charge in [0.15, 0.2) is 5.82 Å². The maximum Gasteiger partial charge on any atom is 0.240 e. The minimum Gasteiger partial charge on any atom is -0.374 e. The zero-order valence-corrected chi connectivity index (χ0v) is 11.3. The van der Waals surface area contributed by atoms with Crippen LogP contribution in [-0.4, -0.2) is 53.4 Å². The molecule has 2 rings (SSSR count). The Hall–Kier alpha value is -0.980. The first-order valence-corrected chi connectivity index (χ1v) is 6.50. The standard InChI is InChI=1S/C12H22N4O2/c1-9(2)16-4-5-17-11(8-16)6-13-7-12-14-10(3)15-18-12/h9,11,13H,4-8H2,1-3H3. The van der Waals surface area contributed by atoms with Crippen LogP contribution in [0.1, 0.15) is 25.6 Å². The number of ether oxygens (including phenoxy) is 1. The van der Waals surface area contributed by atoms with E-state index in [4.69, 9.17) is 9.26 Å². The predicted molar refractivity (Wildman–Crippen MR) is 67.2 cm³/mol. The molecule has 1 atom stereocenters. The number of morpholine rings is 1. The van der Waals surface area contributed by atoms with E-state index in [1.165, 1.54) is 0 Å². The lowest BCUT2D eigenvalue weighted by Gasteiger charge is -2.35. The highest BCUT2D eigenvalue weighted by Gasteiger charge is 2.21. The normalized spacial score (nSPS) is 21.7. The highest BCUT2D eigenvalue weighted by molar-refractivity contribution is 4.83. The molecule has 0 spiro atoms. The maximum atomic E-state index is 5.73. The molecule has 18 heavy (non-hydrogen) atoms.